The number of rotatable bonds is 3. The van der Waals surface area contributed by atoms with Crippen molar-refractivity contribution in [2.45, 2.75) is 0 Å². The maximum atomic E-state index is 5.92. The van der Waals surface area contributed by atoms with Crippen LogP contribution in [0.4, 0.5) is 0 Å². The zero-order chi connectivity index (χ0) is 14.5. The molecule has 0 spiro atoms. The van der Waals surface area contributed by atoms with Gasteiger partial charge in [-0.25, -0.2) is 4.98 Å². The normalized spacial score (nSPS) is 12.1. The number of fused-ring (bicyclic) bond motifs is 1. The molecule has 1 aromatic heterocycles. The molecule has 3 rings (SSSR count). The highest BCUT2D eigenvalue weighted by Gasteiger charge is 2.01. The summed E-state index contributed by atoms with van der Waals surface area (Å²) in [7, 11) is 0. The molecular weight excluding hydrogens is 260 g/mol. The van der Waals surface area contributed by atoms with Crippen molar-refractivity contribution < 1.29 is 0 Å². The van der Waals surface area contributed by atoms with Crippen molar-refractivity contribution in [3.63, 3.8) is 0 Å². The maximum absolute atomic E-state index is 5.92. The van der Waals surface area contributed by atoms with E-state index in [4.69, 9.17) is 5.73 Å². The Bertz CT molecular complexity index is 807. The van der Waals surface area contributed by atoms with Gasteiger partial charge in [0.2, 0.25) is 0 Å². The number of nitrogens with zero attached hydrogens (tertiary/aromatic N) is 3. The van der Waals surface area contributed by atoms with Crippen LogP contribution in [0.5, 0.6) is 0 Å². The zero-order valence-corrected chi connectivity index (χ0v) is 11.3. The summed E-state index contributed by atoms with van der Waals surface area (Å²) >= 11 is 0. The summed E-state index contributed by atoms with van der Waals surface area (Å²) in [6.07, 6.45) is 1.66. The summed E-state index contributed by atoms with van der Waals surface area (Å²) in [6, 6.07) is 21.4. The Balaban J connectivity index is 1.84. The molecule has 2 N–H and O–H groups in total. The Kier molecular flexibility index (Phi) is 3.69. The number of benzene rings is 2. The molecule has 2 aromatic carbocycles. The molecule has 0 aliphatic heterocycles. The molecule has 4 heteroatoms. The van der Waals surface area contributed by atoms with Crippen molar-refractivity contribution in [1.82, 2.24) is 4.98 Å². The van der Waals surface area contributed by atoms with Crippen molar-refractivity contribution in [3.8, 4) is 0 Å². The van der Waals surface area contributed by atoms with Crippen molar-refractivity contribution in [3.05, 3.63) is 78.0 Å². The van der Waals surface area contributed by atoms with E-state index in [0.29, 0.717) is 11.5 Å². The van der Waals surface area contributed by atoms with E-state index in [2.05, 4.69) is 15.2 Å². The van der Waals surface area contributed by atoms with Crippen LogP contribution < -0.4 is 5.73 Å². The summed E-state index contributed by atoms with van der Waals surface area (Å²) in [6.45, 7) is 0. The Morgan fingerprint density at radius 2 is 1.67 bits per heavy atom. The lowest BCUT2D eigenvalue weighted by Crippen LogP contribution is -2.14. The van der Waals surface area contributed by atoms with E-state index in [-0.39, 0.29) is 0 Å². The summed E-state index contributed by atoms with van der Waals surface area (Å²) in [5, 5.41) is 9.06. The van der Waals surface area contributed by atoms with Crippen LogP contribution >= 0.6 is 0 Å². The van der Waals surface area contributed by atoms with Crippen LogP contribution in [0.2, 0.25) is 0 Å². The second kappa shape index (κ2) is 5.96. The van der Waals surface area contributed by atoms with E-state index in [1.807, 2.05) is 66.7 Å². The second-order valence-electron chi connectivity index (χ2n) is 4.53. The lowest BCUT2D eigenvalue weighted by molar-refractivity contribution is 1.21. The lowest BCUT2D eigenvalue weighted by Gasteiger charge is -2.00. The first-order valence-electron chi connectivity index (χ1n) is 6.61. The maximum Gasteiger partial charge on any atom is 0.172 e. The van der Waals surface area contributed by atoms with Crippen molar-refractivity contribution in [2.75, 3.05) is 0 Å². The molecule has 0 aliphatic carbocycles. The summed E-state index contributed by atoms with van der Waals surface area (Å²) in [5.74, 6) is 0.299. The Morgan fingerprint density at radius 3 is 2.52 bits per heavy atom. The third-order valence-corrected chi connectivity index (χ3v) is 3.03. The smallest absolute Gasteiger partial charge is 0.172 e. The van der Waals surface area contributed by atoms with E-state index >= 15 is 0 Å². The fourth-order valence-corrected chi connectivity index (χ4v) is 1.96. The lowest BCUT2D eigenvalue weighted by atomic mass is 10.2. The molecule has 0 amide bonds. The van der Waals surface area contributed by atoms with Gasteiger partial charge in [-0.2, -0.15) is 5.10 Å². The minimum atomic E-state index is 0.299. The van der Waals surface area contributed by atoms with Crippen molar-refractivity contribution in [1.29, 1.82) is 0 Å². The monoisotopic (exact) mass is 274 g/mol. The highest BCUT2D eigenvalue weighted by molar-refractivity contribution is 5.98. The van der Waals surface area contributed by atoms with Crippen molar-refractivity contribution in [2.24, 2.45) is 15.9 Å². The molecule has 0 saturated heterocycles. The van der Waals surface area contributed by atoms with Crippen LogP contribution in [0.3, 0.4) is 0 Å². The molecule has 102 valence electrons. The third-order valence-electron chi connectivity index (χ3n) is 3.03. The van der Waals surface area contributed by atoms with Gasteiger partial charge < -0.3 is 5.73 Å². The predicted molar refractivity (Wildman–Crippen MR) is 86.5 cm³/mol. The molecule has 0 saturated carbocycles. The van der Waals surface area contributed by atoms with E-state index < -0.39 is 0 Å². The van der Waals surface area contributed by atoms with Crippen LogP contribution in [-0.4, -0.2) is 17.0 Å². The molecule has 0 unspecified atom stereocenters. The summed E-state index contributed by atoms with van der Waals surface area (Å²) in [5.41, 5.74) is 8.41. The summed E-state index contributed by atoms with van der Waals surface area (Å²) < 4.78 is 0. The minimum Gasteiger partial charge on any atom is -0.380 e. The van der Waals surface area contributed by atoms with Crippen LogP contribution in [-0.2, 0) is 0 Å². The van der Waals surface area contributed by atoms with Crippen molar-refractivity contribution >= 4 is 23.0 Å². The number of amidine groups is 1. The minimum absolute atomic E-state index is 0.299. The fourth-order valence-electron chi connectivity index (χ4n) is 1.96. The topological polar surface area (TPSA) is 63.6 Å². The van der Waals surface area contributed by atoms with E-state index in [1.54, 1.807) is 6.21 Å². The zero-order valence-electron chi connectivity index (χ0n) is 11.3. The number of nitrogens with two attached hydrogens (primary N) is 1. The number of hydrogen-bond donors (Lipinski definition) is 1. The Labute approximate surface area is 122 Å². The molecular formula is C17H14N4. The number of pyridine rings is 1. The summed E-state index contributed by atoms with van der Waals surface area (Å²) in [4.78, 5) is 4.47. The first-order valence-corrected chi connectivity index (χ1v) is 6.61. The van der Waals surface area contributed by atoms with Gasteiger partial charge in [0.15, 0.2) is 5.84 Å². The molecule has 0 bridgehead atoms. The van der Waals surface area contributed by atoms with E-state index in [1.165, 1.54) is 0 Å². The van der Waals surface area contributed by atoms with Crippen LogP contribution in [0.25, 0.3) is 10.9 Å². The van der Waals surface area contributed by atoms with Gasteiger partial charge in [0, 0.05) is 5.39 Å². The van der Waals surface area contributed by atoms with E-state index in [9.17, 15) is 0 Å². The van der Waals surface area contributed by atoms with Gasteiger partial charge >= 0.3 is 0 Å². The van der Waals surface area contributed by atoms with Gasteiger partial charge in [-0.15, -0.1) is 5.10 Å². The molecule has 0 aliphatic rings. The standard InChI is InChI=1S/C17H14N4/c18-17(21-19-12-13-6-2-1-3-7-13)16-11-10-14-8-4-5-9-15(14)20-16/h1-12H,(H2,18,21)/b19-12+. The third kappa shape index (κ3) is 3.12. The van der Waals surface area contributed by atoms with Gasteiger partial charge in [0.1, 0.15) is 5.69 Å². The number of hydrogen-bond acceptors (Lipinski definition) is 3. The molecule has 1 heterocycles. The average molecular weight is 274 g/mol. The van der Waals surface area contributed by atoms with Crippen LogP contribution in [0.15, 0.2) is 76.9 Å². The highest BCUT2D eigenvalue weighted by atomic mass is 15.2. The first kappa shape index (κ1) is 13.0. The number of aromatic nitrogens is 1. The first-order chi connectivity index (χ1) is 10.3. The van der Waals surface area contributed by atoms with Gasteiger partial charge in [-0.05, 0) is 17.7 Å². The predicted octanol–water partition coefficient (Wildman–Crippen LogP) is 2.97. The van der Waals surface area contributed by atoms with E-state index in [0.717, 1.165) is 16.5 Å². The Morgan fingerprint density at radius 1 is 0.905 bits per heavy atom. The van der Waals surface area contributed by atoms with Crippen LogP contribution in [0, 0.1) is 0 Å². The second-order valence-corrected chi connectivity index (χ2v) is 4.53. The SMILES string of the molecule is N/C(=N\N=C\c1ccccc1)c1ccc2ccccc2n1. The van der Waals surface area contributed by atoms with Crippen LogP contribution in [0.1, 0.15) is 11.3 Å². The largest absolute Gasteiger partial charge is 0.380 e. The Hall–Kier alpha value is -3.01. The molecule has 3 aromatic rings. The molecule has 4 nitrogen and oxygen atoms in total. The fraction of sp³-hybridized carbons (Fsp3) is 0. The highest BCUT2D eigenvalue weighted by Crippen LogP contribution is 2.11. The molecule has 21 heavy (non-hydrogen) atoms. The van der Waals surface area contributed by atoms with Gasteiger partial charge in [-0.3, -0.25) is 0 Å². The van der Waals surface area contributed by atoms with Gasteiger partial charge in [0.05, 0.1) is 11.7 Å². The molecule has 0 radical (unpaired) electrons. The van der Waals surface area contributed by atoms with Gasteiger partial charge in [0.25, 0.3) is 0 Å². The average Bonchev–Trinajstić information content (AvgIpc) is 2.55. The van der Waals surface area contributed by atoms with Gasteiger partial charge in [-0.1, -0.05) is 54.6 Å². The molecule has 0 fully saturated rings. The quantitative estimate of drug-likeness (QED) is 0.453. The molecule has 0 atom stereocenters. The number of para-hydroxylation sites is 1.